The number of aliphatic hydroxyl groups excluding tert-OH is 1. The first-order valence-electron chi connectivity index (χ1n) is 5.53. The van der Waals surface area contributed by atoms with Crippen LogP contribution in [0.25, 0.3) is 0 Å². The molecular weight excluding hydrogens is 176 g/mol. The molecular formula is C12H20O2. The second-order valence-corrected chi connectivity index (χ2v) is 4.28. The van der Waals surface area contributed by atoms with E-state index in [0.29, 0.717) is 12.8 Å². The quantitative estimate of drug-likeness (QED) is 0.532. The van der Waals surface area contributed by atoms with Crippen molar-refractivity contribution in [3.8, 4) is 12.3 Å². The lowest BCUT2D eigenvalue weighted by Crippen LogP contribution is -2.43. The molecule has 1 fully saturated rings. The van der Waals surface area contributed by atoms with Gasteiger partial charge in [-0.1, -0.05) is 19.3 Å². The first-order valence-corrected chi connectivity index (χ1v) is 5.53. The van der Waals surface area contributed by atoms with E-state index in [0.717, 1.165) is 32.1 Å². The summed E-state index contributed by atoms with van der Waals surface area (Å²) in [5.74, 6) is 2.55. The third kappa shape index (κ3) is 3.01. The molecule has 0 heterocycles. The van der Waals surface area contributed by atoms with E-state index >= 15 is 0 Å². The first kappa shape index (κ1) is 11.6. The minimum Gasteiger partial charge on any atom is -0.390 e. The van der Waals surface area contributed by atoms with Gasteiger partial charge in [0.15, 0.2) is 0 Å². The number of terminal acetylenes is 1. The van der Waals surface area contributed by atoms with Crippen molar-refractivity contribution in [1.29, 1.82) is 0 Å². The summed E-state index contributed by atoms with van der Waals surface area (Å²) in [6.07, 6.45) is 11.4. The zero-order chi connectivity index (χ0) is 10.4. The highest BCUT2D eigenvalue weighted by atomic mass is 16.3. The maximum atomic E-state index is 10.1. The van der Waals surface area contributed by atoms with Crippen LogP contribution in [0, 0.1) is 12.3 Å². The maximum absolute atomic E-state index is 10.1. The van der Waals surface area contributed by atoms with Gasteiger partial charge >= 0.3 is 0 Å². The van der Waals surface area contributed by atoms with Gasteiger partial charge in [-0.05, 0) is 25.7 Å². The van der Waals surface area contributed by atoms with Crippen LogP contribution in [0.5, 0.6) is 0 Å². The highest BCUT2D eigenvalue weighted by Gasteiger charge is 2.35. The Morgan fingerprint density at radius 3 is 2.50 bits per heavy atom. The van der Waals surface area contributed by atoms with Crippen LogP contribution in [-0.4, -0.2) is 21.9 Å². The topological polar surface area (TPSA) is 40.5 Å². The fourth-order valence-corrected chi connectivity index (χ4v) is 2.16. The molecule has 0 amide bonds. The molecule has 1 unspecified atom stereocenters. The summed E-state index contributed by atoms with van der Waals surface area (Å²) in [5, 5.41) is 20.0. The van der Waals surface area contributed by atoms with Gasteiger partial charge in [-0.3, -0.25) is 0 Å². The zero-order valence-electron chi connectivity index (χ0n) is 8.71. The molecule has 1 rings (SSSR count). The SMILES string of the molecule is C#CCCCC(O)C1(O)CCCCC1. The Kier molecular flexibility index (Phi) is 4.44. The normalized spacial score (nSPS) is 22.6. The van der Waals surface area contributed by atoms with Crippen LogP contribution in [-0.2, 0) is 0 Å². The Balaban J connectivity index is 2.33. The van der Waals surface area contributed by atoms with Crippen molar-refractivity contribution in [1.82, 2.24) is 0 Å². The predicted octanol–water partition coefficient (Wildman–Crippen LogP) is 1.85. The highest BCUT2D eigenvalue weighted by Crippen LogP contribution is 2.32. The third-order valence-electron chi connectivity index (χ3n) is 3.14. The fraction of sp³-hybridized carbons (Fsp3) is 0.833. The molecule has 14 heavy (non-hydrogen) atoms. The van der Waals surface area contributed by atoms with Crippen LogP contribution in [0.4, 0.5) is 0 Å². The Hall–Kier alpha value is -0.520. The molecule has 0 aromatic carbocycles. The standard InChI is InChI=1S/C12H20O2/c1-2-3-5-8-11(13)12(14)9-6-4-7-10-12/h1,11,13-14H,3-10H2. The highest BCUT2D eigenvalue weighted by molar-refractivity contribution is 4.90. The molecule has 1 saturated carbocycles. The van der Waals surface area contributed by atoms with E-state index in [1.807, 2.05) is 0 Å². The van der Waals surface area contributed by atoms with Crippen LogP contribution in [0.3, 0.4) is 0 Å². The second kappa shape index (κ2) is 5.38. The van der Waals surface area contributed by atoms with Crippen LogP contribution in [0.1, 0.15) is 51.4 Å². The number of unbranched alkanes of at least 4 members (excludes halogenated alkanes) is 1. The molecule has 0 bridgehead atoms. The van der Waals surface area contributed by atoms with Gasteiger partial charge in [0.1, 0.15) is 0 Å². The molecule has 0 spiro atoms. The summed E-state index contributed by atoms with van der Waals surface area (Å²) in [6.45, 7) is 0. The summed E-state index contributed by atoms with van der Waals surface area (Å²) >= 11 is 0. The molecule has 2 N–H and O–H groups in total. The van der Waals surface area contributed by atoms with Crippen molar-refractivity contribution >= 4 is 0 Å². The molecule has 2 heteroatoms. The van der Waals surface area contributed by atoms with E-state index in [-0.39, 0.29) is 0 Å². The molecule has 0 aromatic rings. The van der Waals surface area contributed by atoms with Crippen LogP contribution in [0.2, 0.25) is 0 Å². The van der Waals surface area contributed by atoms with Gasteiger partial charge in [0.05, 0.1) is 11.7 Å². The van der Waals surface area contributed by atoms with Gasteiger partial charge in [-0.15, -0.1) is 12.3 Å². The summed E-state index contributed by atoms with van der Waals surface area (Å²) in [6, 6.07) is 0. The number of hydrogen-bond acceptors (Lipinski definition) is 2. The van der Waals surface area contributed by atoms with Gasteiger partial charge in [0, 0.05) is 6.42 Å². The average molecular weight is 196 g/mol. The Morgan fingerprint density at radius 1 is 1.29 bits per heavy atom. The summed E-state index contributed by atoms with van der Waals surface area (Å²) in [5.41, 5.74) is -0.827. The summed E-state index contributed by atoms with van der Waals surface area (Å²) in [7, 11) is 0. The Bertz CT molecular complexity index is 199. The largest absolute Gasteiger partial charge is 0.390 e. The summed E-state index contributed by atoms with van der Waals surface area (Å²) < 4.78 is 0. The molecule has 0 saturated heterocycles. The van der Waals surface area contributed by atoms with Crippen LogP contribution < -0.4 is 0 Å². The third-order valence-corrected chi connectivity index (χ3v) is 3.14. The van der Waals surface area contributed by atoms with Crippen molar-refractivity contribution in [3.63, 3.8) is 0 Å². The van der Waals surface area contributed by atoms with Crippen molar-refractivity contribution in [2.24, 2.45) is 0 Å². The zero-order valence-corrected chi connectivity index (χ0v) is 8.71. The molecule has 1 atom stereocenters. The van der Waals surface area contributed by atoms with Crippen molar-refractivity contribution < 1.29 is 10.2 Å². The molecule has 1 aliphatic rings. The predicted molar refractivity (Wildman–Crippen MR) is 56.7 cm³/mol. The minimum atomic E-state index is -0.827. The lowest BCUT2D eigenvalue weighted by atomic mass is 9.79. The minimum absolute atomic E-state index is 0.587. The van der Waals surface area contributed by atoms with Gasteiger partial charge in [0.2, 0.25) is 0 Å². The van der Waals surface area contributed by atoms with Gasteiger partial charge in [0.25, 0.3) is 0 Å². The second-order valence-electron chi connectivity index (χ2n) is 4.28. The van der Waals surface area contributed by atoms with Crippen molar-refractivity contribution in [2.45, 2.75) is 63.1 Å². The molecule has 0 radical (unpaired) electrons. The van der Waals surface area contributed by atoms with Gasteiger partial charge in [-0.25, -0.2) is 0 Å². The number of aliphatic hydroxyl groups is 2. The van der Waals surface area contributed by atoms with E-state index in [4.69, 9.17) is 6.42 Å². The lowest BCUT2D eigenvalue weighted by Gasteiger charge is -2.36. The Morgan fingerprint density at radius 2 is 1.93 bits per heavy atom. The van der Waals surface area contributed by atoms with E-state index in [2.05, 4.69) is 5.92 Å². The monoisotopic (exact) mass is 196 g/mol. The van der Waals surface area contributed by atoms with Crippen molar-refractivity contribution in [3.05, 3.63) is 0 Å². The van der Waals surface area contributed by atoms with E-state index in [9.17, 15) is 10.2 Å². The molecule has 0 aliphatic heterocycles. The maximum Gasteiger partial charge on any atom is 0.0905 e. The smallest absolute Gasteiger partial charge is 0.0905 e. The molecule has 0 aromatic heterocycles. The Labute approximate surface area is 86.3 Å². The summed E-state index contributed by atoms with van der Waals surface area (Å²) in [4.78, 5) is 0. The van der Waals surface area contributed by atoms with E-state index in [1.165, 1.54) is 6.42 Å². The van der Waals surface area contributed by atoms with Crippen LogP contribution in [0.15, 0.2) is 0 Å². The molecule has 2 nitrogen and oxygen atoms in total. The van der Waals surface area contributed by atoms with Gasteiger partial charge in [-0.2, -0.15) is 0 Å². The first-order chi connectivity index (χ1) is 6.69. The van der Waals surface area contributed by atoms with E-state index < -0.39 is 11.7 Å². The van der Waals surface area contributed by atoms with Crippen molar-refractivity contribution in [2.75, 3.05) is 0 Å². The van der Waals surface area contributed by atoms with E-state index in [1.54, 1.807) is 0 Å². The average Bonchev–Trinajstić information content (AvgIpc) is 2.19. The van der Waals surface area contributed by atoms with Crippen LogP contribution >= 0.6 is 0 Å². The number of rotatable bonds is 4. The fourth-order valence-electron chi connectivity index (χ4n) is 2.16. The van der Waals surface area contributed by atoms with Gasteiger partial charge < -0.3 is 10.2 Å². The lowest BCUT2D eigenvalue weighted by molar-refractivity contribution is -0.0998. The number of hydrogen-bond donors (Lipinski definition) is 2. The molecule has 80 valence electrons. The molecule has 1 aliphatic carbocycles.